The predicted octanol–water partition coefficient (Wildman–Crippen LogP) is 3.40. The van der Waals surface area contributed by atoms with E-state index < -0.39 is 0 Å². The molecule has 0 aromatic heterocycles. The zero-order valence-corrected chi connectivity index (χ0v) is 21.7. The molecule has 30 heavy (non-hydrogen) atoms. The normalized spacial score (nSPS) is 17.3. The molecule has 6 nitrogen and oxygen atoms in total. The number of nitrogens with one attached hydrogen (secondary N) is 3. The number of ether oxygens (including phenoxy) is 1. The highest BCUT2D eigenvalue weighted by Crippen LogP contribution is 2.16. The highest BCUT2D eigenvalue weighted by atomic mass is 127. The quantitative estimate of drug-likeness (QED) is 0.246. The monoisotopic (exact) mass is 531 g/mol. The number of halogens is 1. The first-order chi connectivity index (χ1) is 13.9. The Hall–Kier alpha value is -0.900. The molecule has 172 valence electrons. The van der Waals surface area contributed by atoms with E-state index in [0.29, 0.717) is 12.6 Å². The fourth-order valence-electron chi connectivity index (χ4n) is 3.77. The number of guanidine groups is 1. The minimum atomic E-state index is -0.0961. The van der Waals surface area contributed by atoms with Crippen LogP contribution < -0.4 is 16.0 Å². The highest BCUT2D eigenvalue weighted by molar-refractivity contribution is 14.0. The van der Waals surface area contributed by atoms with Crippen LogP contribution in [0.25, 0.3) is 0 Å². The molecule has 1 aliphatic heterocycles. The van der Waals surface area contributed by atoms with Crippen molar-refractivity contribution in [1.82, 2.24) is 20.9 Å². The highest BCUT2D eigenvalue weighted by Gasteiger charge is 2.22. The van der Waals surface area contributed by atoms with E-state index in [9.17, 15) is 0 Å². The Morgan fingerprint density at radius 2 is 1.90 bits per heavy atom. The van der Waals surface area contributed by atoms with Crippen LogP contribution in [0.1, 0.15) is 52.1 Å². The fourth-order valence-corrected chi connectivity index (χ4v) is 3.77. The van der Waals surface area contributed by atoms with E-state index in [1.165, 1.54) is 5.56 Å². The number of hydrogen-bond donors (Lipinski definition) is 3. The third-order valence-electron chi connectivity index (χ3n) is 5.42. The Bertz CT molecular complexity index is 603. The summed E-state index contributed by atoms with van der Waals surface area (Å²) in [6.45, 7) is 14.4. The smallest absolute Gasteiger partial charge is 0.191 e. The average Bonchev–Trinajstić information content (AvgIpc) is 2.72. The summed E-state index contributed by atoms with van der Waals surface area (Å²) in [7, 11) is 1.77. The van der Waals surface area contributed by atoms with Crippen LogP contribution in [0.2, 0.25) is 0 Å². The molecule has 1 aromatic rings. The molecular formula is C23H42IN5O. The van der Waals surface area contributed by atoms with Gasteiger partial charge in [-0.25, -0.2) is 0 Å². The van der Waals surface area contributed by atoms with E-state index >= 15 is 0 Å². The van der Waals surface area contributed by atoms with Gasteiger partial charge in [-0.05, 0) is 46.1 Å². The molecule has 0 amide bonds. The molecule has 1 aromatic carbocycles. The molecule has 0 bridgehead atoms. The Labute approximate surface area is 200 Å². The maximum Gasteiger partial charge on any atom is 0.191 e. The van der Waals surface area contributed by atoms with Crippen molar-refractivity contribution in [2.24, 2.45) is 4.99 Å². The fraction of sp³-hybridized carbons (Fsp3) is 0.696. The Balaban J connectivity index is 0.00000450. The zero-order chi connectivity index (χ0) is 21.1. The van der Waals surface area contributed by atoms with Crippen molar-refractivity contribution in [3.63, 3.8) is 0 Å². The van der Waals surface area contributed by atoms with Crippen LogP contribution in [0.5, 0.6) is 0 Å². The molecule has 0 spiro atoms. The topological polar surface area (TPSA) is 60.9 Å². The van der Waals surface area contributed by atoms with E-state index in [1.807, 2.05) is 0 Å². The van der Waals surface area contributed by atoms with E-state index in [1.54, 1.807) is 7.11 Å². The molecule has 1 saturated heterocycles. The number of methoxy groups -OCH3 is 1. The second-order valence-electron chi connectivity index (χ2n) is 8.61. The number of benzene rings is 1. The first-order valence-electron chi connectivity index (χ1n) is 11.0. The van der Waals surface area contributed by atoms with Crippen molar-refractivity contribution in [1.29, 1.82) is 0 Å². The van der Waals surface area contributed by atoms with Gasteiger partial charge in [0.25, 0.3) is 0 Å². The summed E-state index contributed by atoms with van der Waals surface area (Å²) < 4.78 is 5.19. The standard InChI is InChI=1S/C23H41N5O.HI/c1-6-24-22(26-21-12-14-28(15-13-21)16-17-29-5)25-18-23(3,4)27-19(2)20-10-8-7-9-11-20;/h7-11,19,21,27H,6,12-18H2,1-5H3,(H2,24,25,26);1H. The SMILES string of the molecule is CCNC(=NCC(C)(C)NC(C)c1ccccc1)NC1CCN(CCOC)CC1.I. The van der Waals surface area contributed by atoms with E-state index in [-0.39, 0.29) is 35.6 Å². The van der Waals surface area contributed by atoms with E-state index in [2.05, 4.69) is 78.9 Å². The van der Waals surface area contributed by atoms with Crippen molar-refractivity contribution >= 4 is 29.9 Å². The average molecular weight is 532 g/mol. The van der Waals surface area contributed by atoms with Crippen LogP contribution >= 0.6 is 24.0 Å². The molecule has 1 heterocycles. The summed E-state index contributed by atoms with van der Waals surface area (Å²) in [6, 6.07) is 11.3. The van der Waals surface area contributed by atoms with Gasteiger partial charge in [-0.2, -0.15) is 0 Å². The van der Waals surface area contributed by atoms with Gasteiger partial charge in [-0.15, -0.1) is 24.0 Å². The minimum absolute atomic E-state index is 0. The summed E-state index contributed by atoms with van der Waals surface area (Å²) in [5.74, 6) is 0.921. The molecule has 1 aliphatic rings. The van der Waals surface area contributed by atoms with Crippen LogP contribution in [-0.2, 0) is 4.74 Å². The maximum absolute atomic E-state index is 5.19. The summed E-state index contributed by atoms with van der Waals surface area (Å²) in [5.41, 5.74) is 1.20. The van der Waals surface area contributed by atoms with E-state index in [0.717, 1.165) is 51.6 Å². The largest absolute Gasteiger partial charge is 0.383 e. The molecule has 1 fully saturated rings. The number of aliphatic imine (C=N–C) groups is 1. The van der Waals surface area contributed by atoms with Crippen molar-refractivity contribution in [3.8, 4) is 0 Å². The van der Waals surface area contributed by atoms with Crippen LogP contribution in [0.3, 0.4) is 0 Å². The number of piperidine rings is 1. The van der Waals surface area contributed by atoms with Gasteiger partial charge >= 0.3 is 0 Å². The van der Waals surface area contributed by atoms with Gasteiger partial charge in [0.2, 0.25) is 0 Å². The van der Waals surface area contributed by atoms with Crippen LogP contribution in [0.4, 0.5) is 0 Å². The molecule has 7 heteroatoms. The van der Waals surface area contributed by atoms with Gasteiger partial charge in [-0.1, -0.05) is 30.3 Å². The summed E-state index contributed by atoms with van der Waals surface area (Å²) >= 11 is 0. The lowest BCUT2D eigenvalue weighted by atomic mass is 10.0. The minimum Gasteiger partial charge on any atom is -0.383 e. The lowest BCUT2D eigenvalue weighted by Crippen LogP contribution is -2.50. The van der Waals surface area contributed by atoms with Gasteiger partial charge in [0.15, 0.2) is 5.96 Å². The van der Waals surface area contributed by atoms with Crippen LogP contribution in [0.15, 0.2) is 35.3 Å². The van der Waals surface area contributed by atoms with Crippen molar-refractivity contribution in [2.75, 3.05) is 46.4 Å². The second kappa shape index (κ2) is 14.2. The predicted molar refractivity (Wildman–Crippen MR) is 138 cm³/mol. The molecule has 0 aliphatic carbocycles. The number of hydrogen-bond acceptors (Lipinski definition) is 4. The first kappa shape index (κ1) is 27.1. The maximum atomic E-state index is 5.19. The molecule has 2 rings (SSSR count). The Kier molecular flexibility index (Phi) is 12.9. The van der Waals surface area contributed by atoms with Crippen molar-refractivity contribution < 1.29 is 4.74 Å². The van der Waals surface area contributed by atoms with Gasteiger partial charge in [0.05, 0.1) is 13.2 Å². The van der Waals surface area contributed by atoms with Gasteiger partial charge in [0.1, 0.15) is 0 Å². The lowest BCUT2D eigenvalue weighted by molar-refractivity contribution is 0.128. The van der Waals surface area contributed by atoms with Gasteiger partial charge < -0.3 is 25.6 Å². The second-order valence-corrected chi connectivity index (χ2v) is 8.61. The summed E-state index contributed by atoms with van der Waals surface area (Å²) in [4.78, 5) is 7.37. The lowest BCUT2D eigenvalue weighted by Gasteiger charge is -2.33. The van der Waals surface area contributed by atoms with Gasteiger partial charge in [-0.3, -0.25) is 4.99 Å². The Morgan fingerprint density at radius 3 is 2.50 bits per heavy atom. The third-order valence-corrected chi connectivity index (χ3v) is 5.42. The molecule has 3 N–H and O–H groups in total. The Morgan fingerprint density at radius 1 is 1.23 bits per heavy atom. The molecule has 0 saturated carbocycles. The van der Waals surface area contributed by atoms with E-state index in [4.69, 9.17) is 9.73 Å². The number of rotatable bonds is 10. The molecule has 1 unspecified atom stereocenters. The van der Waals surface area contributed by atoms with Crippen molar-refractivity contribution in [3.05, 3.63) is 35.9 Å². The van der Waals surface area contributed by atoms with Crippen LogP contribution in [-0.4, -0.2) is 68.9 Å². The molecule has 1 atom stereocenters. The zero-order valence-electron chi connectivity index (χ0n) is 19.4. The molecular weight excluding hydrogens is 489 g/mol. The van der Waals surface area contributed by atoms with Crippen LogP contribution in [0, 0.1) is 0 Å². The third kappa shape index (κ3) is 9.94. The van der Waals surface area contributed by atoms with Crippen molar-refractivity contribution in [2.45, 2.75) is 58.2 Å². The number of nitrogens with zero attached hydrogens (tertiary/aromatic N) is 2. The van der Waals surface area contributed by atoms with Gasteiger partial charge in [0, 0.05) is 50.9 Å². The number of likely N-dealkylation sites (tertiary alicyclic amines) is 1. The molecule has 0 radical (unpaired) electrons. The summed E-state index contributed by atoms with van der Waals surface area (Å²) in [6.07, 6.45) is 2.28. The summed E-state index contributed by atoms with van der Waals surface area (Å²) in [5, 5.41) is 10.8. The first-order valence-corrected chi connectivity index (χ1v) is 11.0.